The van der Waals surface area contributed by atoms with Gasteiger partial charge in [-0.25, -0.2) is 14.4 Å². The molecule has 0 radical (unpaired) electrons. The van der Waals surface area contributed by atoms with Crippen LogP contribution < -0.4 is 4.74 Å². The minimum atomic E-state index is 0.143. The van der Waals surface area contributed by atoms with Gasteiger partial charge in [-0.2, -0.15) is 0 Å². The lowest BCUT2D eigenvalue weighted by atomic mass is 10.2. The summed E-state index contributed by atoms with van der Waals surface area (Å²) in [7, 11) is 0. The Hall–Kier alpha value is -0.870. The minimum absolute atomic E-state index is 0.143. The lowest BCUT2D eigenvalue weighted by Gasteiger charge is -2.32. The summed E-state index contributed by atoms with van der Waals surface area (Å²) in [4.78, 5) is 7.86. The average Bonchev–Trinajstić information content (AvgIpc) is 2.04. The molecule has 0 N–H and O–H groups in total. The normalized spacial score (nSPS) is 18.8. The number of hydrogen-bond acceptors (Lipinski definition) is 4. The van der Waals surface area contributed by atoms with Gasteiger partial charge >= 0.3 is 6.01 Å². The van der Waals surface area contributed by atoms with E-state index in [0.717, 1.165) is 13.1 Å². The molecule has 2 rings (SSSR count). The lowest BCUT2D eigenvalue weighted by Crippen LogP contribution is -2.48. The molecule has 0 bridgehead atoms. The van der Waals surface area contributed by atoms with Crippen molar-refractivity contribution < 1.29 is 4.74 Å². The Morgan fingerprint density at radius 1 is 1.42 bits per heavy atom. The SMILES string of the molecule is ClN1CC(Oc2ncccn2)C1. The summed E-state index contributed by atoms with van der Waals surface area (Å²) in [5.41, 5.74) is 0. The van der Waals surface area contributed by atoms with E-state index in [0.29, 0.717) is 6.01 Å². The van der Waals surface area contributed by atoms with Crippen LogP contribution in [0.4, 0.5) is 0 Å². The van der Waals surface area contributed by atoms with Crippen molar-refractivity contribution >= 4 is 11.8 Å². The highest BCUT2D eigenvalue weighted by atomic mass is 35.5. The lowest BCUT2D eigenvalue weighted by molar-refractivity contribution is 0.0695. The van der Waals surface area contributed by atoms with Crippen LogP contribution in [0.2, 0.25) is 0 Å². The van der Waals surface area contributed by atoms with E-state index < -0.39 is 0 Å². The Labute approximate surface area is 75.2 Å². The van der Waals surface area contributed by atoms with Crippen LogP contribution in [-0.2, 0) is 0 Å². The van der Waals surface area contributed by atoms with Crippen LogP contribution in [0.5, 0.6) is 6.01 Å². The van der Waals surface area contributed by atoms with Crippen molar-refractivity contribution in [3.05, 3.63) is 18.5 Å². The molecule has 2 heterocycles. The largest absolute Gasteiger partial charge is 0.457 e. The first-order valence-electron chi connectivity index (χ1n) is 3.69. The van der Waals surface area contributed by atoms with E-state index in [1.807, 2.05) is 0 Å². The maximum Gasteiger partial charge on any atom is 0.316 e. The molecule has 1 saturated heterocycles. The Morgan fingerprint density at radius 3 is 2.67 bits per heavy atom. The van der Waals surface area contributed by atoms with Gasteiger partial charge in [-0.15, -0.1) is 0 Å². The molecule has 0 atom stereocenters. The maximum atomic E-state index is 5.62. The topological polar surface area (TPSA) is 38.2 Å². The van der Waals surface area contributed by atoms with Gasteiger partial charge in [-0.05, 0) is 17.8 Å². The predicted octanol–water partition coefficient (Wildman–Crippen LogP) is 0.693. The third-order valence-corrected chi connectivity index (χ3v) is 1.89. The third kappa shape index (κ3) is 1.65. The Balaban J connectivity index is 1.88. The number of halogens is 1. The maximum absolute atomic E-state index is 5.62. The van der Waals surface area contributed by atoms with Gasteiger partial charge in [0, 0.05) is 12.4 Å². The van der Waals surface area contributed by atoms with Crippen LogP contribution in [0.25, 0.3) is 0 Å². The summed E-state index contributed by atoms with van der Waals surface area (Å²) in [6, 6.07) is 2.17. The Morgan fingerprint density at radius 2 is 2.08 bits per heavy atom. The van der Waals surface area contributed by atoms with Gasteiger partial charge in [0.15, 0.2) is 0 Å². The summed E-state index contributed by atoms with van der Waals surface area (Å²) in [6.07, 6.45) is 3.45. The summed E-state index contributed by atoms with van der Waals surface area (Å²) in [5.74, 6) is 0. The van der Waals surface area contributed by atoms with Crippen molar-refractivity contribution in [1.82, 2.24) is 14.4 Å². The van der Waals surface area contributed by atoms with Crippen LogP contribution in [0.1, 0.15) is 0 Å². The molecule has 0 aliphatic carbocycles. The van der Waals surface area contributed by atoms with E-state index in [4.69, 9.17) is 16.5 Å². The van der Waals surface area contributed by atoms with Crippen molar-refractivity contribution in [1.29, 1.82) is 0 Å². The zero-order valence-electron chi connectivity index (χ0n) is 6.35. The highest BCUT2D eigenvalue weighted by molar-refractivity contribution is 6.13. The molecule has 64 valence electrons. The molecule has 1 aliphatic rings. The van der Waals surface area contributed by atoms with E-state index in [1.54, 1.807) is 22.9 Å². The van der Waals surface area contributed by atoms with Gasteiger partial charge in [0.1, 0.15) is 6.10 Å². The van der Waals surface area contributed by atoms with Crippen LogP contribution >= 0.6 is 11.8 Å². The molecule has 0 unspecified atom stereocenters. The van der Waals surface area contributed by atoms with Gasteiger partial charge in [0.05, 0.1) is 13.1 Å². The van der Waals surface area contributed by atoms with E-state index in [1.165, 1.54) is 0 Å². The average molecular weight is 186 g/mol. The zero-order valence-corrected chi connectivity index (χ0v) is 7.11. The quantitative estimate of drug-likeness (QED) is 0.636. The summed E-state index contributed by atoms with van der Waals surface area (Å²) in [5, 5.41) is 0. The molecule has 0 spiro atoms. The number of ether oxygens (including phenoxy) is 1. The van der Waals surface area contributed by atoms with Crippen LogP contribution in [0.3, 0.4) is 0 Å². The molecule has 1 aromatic heterocycles. The predicted molar refractivity (Wildman–Crippen MR) is 43.9 cm³/mol. The van der Waals surface area contributed by atoms with Crippen molar-refractivity contribution in [3.63, 3.8) is 0 Å². The van der Waals surface area contributed by atoms with Gasteiger partial charge < -0.3 is 4.74 Å². The molecule has 4 nitrogen and oxygen atoms in total. The smallest absolute Gasteiger partial charge is 0.316 e. The monoisotopic (exact) mass is 185 g/mol. The Bertz CT molecular complexity index is 250. The first kappa shape index (κ1) is 7.76. The zero-order chi connectivity index (χ0) is 8.39. The number of rotatable bonds is 2. The molecule has 1 aromatic rings. The van der Waals surface area contributed by atoms with Crippen LogP contribution in [-0.4, -0.2) is 33.6 Å². The molecule has 5 heteroatoms. The summed E-state index contributed by atoms with van der Waals surface area (Å²) >= 11 is 5.62. The summed E-state index contributed by atoms with van der Waals surface area (Å²) in [6.45, 7) is 1.47. The highest BCUT2D eigenvalue weighted by Crippen LogP contribution is 2.14. The fourth-order valence-corrected chi connectivity index (χ4v) is 1.27. The van der Waals surface area contributed by atoms with Crippen molar-refractivity contribution in [2.45, 2.75) is 6.10 Å². The molecule has 12 heavy (non-hydrogen) atoms. The van der Waals surface area contributed by atoms with E-state index in [9.17, 15) is 0 Å². The van der Waals surface area contributed by atoms with Crippen molar-refractivity contribution in [2.24, 2.45) is 0 Å². The first-order valence-corrected chi connectivity index (χ1v) is 4.03. The number of nitrogens with zero attached hydrogens (tertiary/aromatic N) is 3. The molecule has 0 aromatic carbocycles. The summed E-state index contributed by atoms with van der Waals surface area (Å²) < 4.78 is 7.03. The second kappa shape index (κ2) is 3.25. The standard InChI is InChI=1S/C7H8ClN3O/c8-11-4-6(5-11)12-7-9-2-1-3-10-7/h1-3,6H,4-5H2. The third-order valence-electron chi connectivity index (χ3n) is 1.62. The fourth-order valence-electron chi connectivity index (χ4n) is 0.958. The second-order valence-electron chi connectivity index (χ2n) is 2.60. The van der Waals surface area contributed by atoms with Gasteiger partial charge in [-0.1, -0.05) is 0 Å². The Kier molecular flexibility index (Phi) is 2.10. The van der Waals surface area contributed by atoms with Crippen LogP contribution in [0, 0.1) is 0 Å². The van der Waals surface area contributed by atoms with E-state index in [2.05, 4.69) is 9.97 Å². The van der Waals surface area contributed by atoms with Crippen molar-refractivity contribution in [3.8, 4) is 6.01 Å². The second-order valence-corrected chi connectivity index (χ2v) is 3.08. The van der Waals surface area contributed by atoms with Gasteiger partial charge in [0.25, 0.3) is 0 Å². The van der Waals surface area contributed by atoms with Crippen molar-refractivity contribution in [2.75, 3.05) is 13.1 Å². The molecule has 1 aliphatic heterocycles. The van der Waals surface area contributed by atoms with Crippen LogP contribution in [0.15, 0.2) is 18.5 Å². The molecule has 1 fully saturated rings. The van der Waals surface area contributed by atoms with E-state index >= 15 is 0 Å². The van der Waals surface area contributed by atoms with Gasteiger partial charge in [0.2, 0.25) is 0 Å². The molecule has 0 saturated carbocycles. The van der Waals surface area contributed by atoms with E-state index in [-0.39, 0.29) is 6.10 Å². The molecular weight excluding hydrogens is 178 g/mol. The molecular formula is C7H8ClN3O. The van der Waals surface area contributed by atoms with Gasteiger partial charge in [-0.3, -0.25) is 0 Å². The number of aromatic nitrogens is 2. The first-order chi connectivity index (χ1) is 5.84. The number of hydrogen-bond donors (Lipinski definition) is 0. The molecule has 0 amide bonds. The fraction of sp³-hybridized carbons (Fsp3) is 0.429. The highest BCUT2D eigenvalue weighted by Gasteiger charge is 2.27. The minimum Gasteiger partial charge on any atom is -0.457 e.